The molecule has 0 aliphatic carbocycles. The van der Waals surface area contributed by atoms with Crippen molar-refractivity contribution in [2.45, 2.75) is 17.4 Å². The molecule has 3 nitrogen and oxygen atoms in total. The van der Waals surface area contributed by atoms with Crippen LogP contribution in [0.5, 0.6) is 0 Å². The van der Waals surface area contributed by atoms with Gasteiger partial charge in [-0.05, 0) is 36.2 Å². The van der Waals surface area contributed by atoms with Gasteiger partial charge in [0.1, 0.15) is 0 Å². The van der Waals surface area contributed by atoms with E-state index in [-0.39, 0.29) is 11.9 Å². The molecule has 2 heterocycles. The fourth-order valence-electron chi connectivity index (χ4n) is 2.73. The van der Waals surface area contributed by atoms with Crippen molar-refractivity contribution in [2.75, 3.05) is 5.75 Å². The summed E-state index contributed by atoms with van der Waals surface area (Å²) in [5, 5.41) is 3.18. The van der Waals surface area contributed by atoms with Gasteiger partial charge in [-0.3, -0.25) is 4.79 Å². The average Bonchev–Trinajstić information content (AvgIpc) is 3.02. The van der Waals surface area contributed by atoms with E-state index in [0.29, 0.717) is 5.56 Å². The van der Waals surface area contributed by atoms with Gasteiger partial charge in [0, 0.05) is 16.2 Å². The van der Waals surface area contributed by atoms with Gasteiger partial charge in [-0.2, -0.15) is 0 Å². The summed E-state index contributed by atoms with van der Waals surface area (Å²) in [5.74, 6) is 1.03. The minimum Gasteiger partial charge on any atom is -0.345 e. The van der Waals surface area contributed by atoms with E-state index in [0.717, 1.165) is 22.4 Å². The van der Waals surface area contributed by atoms with E-state index < -0.39 is 0 Å². The summed E-state index contributed by atoms with van der Waals surface area (Å²) in [7, 11) is 0. The topological polar surface area (TPSA) is 42.0 Å². The molecule has 0 saturated carbocycles. The van der Waals surface area contributed by atoms with Gasteiger partial charge in [-0.25, -0.2) is 4.98 Å². The highest BCUT2D eigenvalue weighted by Gasteiger charge is 2.22. The van der Waals surface area contributed by atoms with Crippen LogP contribution in [0.25, 0.3) is 10.2 Å². The second kappa shape index (κ2) is 5.74. The quantitative estimate of drug-likeness (QED) is 0.765. The lowest BCUT2D eigenvalue weighted by Crippen LogP contribution is -2.30. The molecule has 22 heavy (non-hydrogen) atoms. The molecule has 1 N–H and O–H groups in total. The maximum absolute atomic E-state index is 12.6. The Labute approximate surface area is 136 Å². The van der Waals surface area contributed by atoms with Gasteiger partial charge in [-0.15, -0.1) is 23.1 Å². The van der Waals surface area contributed by atoms with E-state index in [1.54, 1.807) is 16.8 Å². The third-order valence-electron chi connectivity index (χ3n) is 3.86. The summed E-state index contributed by atoms with van der Waals surface area (Å²) < 4.78 is 1.05. The van der Waals surface area contributed by atoms with Gasteiger partial charge < -0.3 is 5.32 Å². The van der Waals surface area contributed by atoms with Crippen LogP contribution in [-0.4, -0.2) is 16.6 Å². The molecule has 1 aliphatic rings. The number of thiazole rings is 1. The maximum Gasteiger partial charge on any atom is 0.251 e. The highest BCUT2D eigenvalue weighted by molar-refractivity contribution is 7.99. The number of aromatic nitrogens is 1. The Morgan fingerprint density at radius 2 is 2.14 bits per heavy atom. The molecule has 0 bridgehead atoms. The predicted molar refractivity (Wildman–Crippen MR) is 91.6 cm³/mol. The molecular weight excluding hydrogens is 312 g/mol. The van der Waals surface area contributed by atoms with Gasteiger partial charge in [0.2, 0.25) is 0 Å². The Morgan fingerprint density at radius 3 is 3.09 bits per heavy atom. The van der Waals surface area contributed by atoms with Crippen LogP contribution in [0, 0.1) is 0 Å². The predicted octanol–water partition coefficient (Wildman–Crippen LogP) is 4.26. The monoisotopic (exact) mass is 326 g/mol. The molecule has 1 unspecified atom stereocenters. The lowest BCUT2D eigenvalue weighted by Gasteiger charge is -2.25. The number of nitrogens with one attached hydrogen (secondary N) is 1. The van der Waals surface area contributed by atoms with E-state index in [9.17, 15) is 4.79 Å². The van der Waals surface area contributed by atoms with Crippen molar-refractivity contribution < 1.29 is 4.79 Å². The second-order valence-electron chi connectivity index (χ2n) is 5.24. The minimum absolute atomic E-state index is 0.0120. The number of hydrogen-bond acceptors (Lipinski definition) is 4. The minimum atomic E-state index is -0.0120. The first-order chi connectivity index (χ1) is 10.8. The summed E-state index contributed by atoms with van der Waals surface area (Å²) in [6, 6.07) is 14.1. The summed E-state index contributed by atoms with van der Waals surface area (Å²) in [4.78, 5) is 18.1. The van der Waals surface area contributed by atoms with Crippen molar-refractivity contribution in [3.05, 3.63) is 59.1 Å². The van der Waals surface area contributed by atoms with Gasteiger partial charge >= 0.3 is 0 Å². The zero-order valence-corrected chi connectivity index (χ0v) is 13.4. The van der Waals surface area contributed by atoms with E-state index >= 15 is 0 Å². The van der Waals surface area contributed by atoms with Crippen molar-refractivity contribution in [2.24, 2.45) is 0 Å². The van der Waals surface area contributed by atoms with Crippen LogP contribution in [0.3, 0.4) is 0 Å². The molecule has 1 aliphatic heterocycles. The molecule has 4 rings (SSSR count). The Balaban J connectivity index is 1.59. The molecule has 1 aromatic heterocycles. The number of benzene rings is 2. The third-order valence-corrected chi connectivity index (χ3v) is 5.77. The number of nitrogens with zero attached hydrogens (tertiary/aromatic N) is 1. The number of carbonyl (C=O) groups is 1. The Kier molecular flexibility index (Phi) is 3.60. The van der Waals surface area contributed by atoms with Gasteiger partial charge in [0.15, 0.2) is 0 Å². The van der Waals surface area contributed by atoms with Crippen LogP contribution >= 0.6 is 23.1 Å². The lowest BCUT2D eigenvalue weighted by molar-refractivity contribution is 0.0935. The van der Waals surface area contributed by atoms with Crippen LogP contribution in [0.2, 0.25) is 0 Å². The molecule has 5 heteroatoms. The Morgan fingerprint density at radius 1 is 1.23 bits per heavy atom. The molecule has 0 radical (unpaired) electrons. The zero-order chi connectivity index (χ0) is 14.9. The smallest absolute Gasteiger partial charge is 0.251 e. The van der Waals surface area contributed by atoms with Crippen molar-refractivity contribution in [1.29, 1.82) is 0 Å². The first kappa shape index (κ1) is 13.8. The molecule has 1 atom stereocenters. The number of hydrogen-bond donors (Lipinski definition) is 1. The van der Waals surface area contributed by atoms with Crippen LogP contribution in [-0.2, 0) is 0 Å². The number of thioether (sulfide) groups is 1. The zero-order valence-electron chi connectivity index (χ0n) is 11.8. The van der Waals surface area contributed by atoms with E-state index in [4.69, 9.17) is 0 Å². The number of amides is 1. The SMILES string of the molecule is O=C(NC1CCSc2ccccc21)c1ccc2ncsc2c1. The van der Waals surface area contributed by atoms with Crippen molar-refractivity contribution in [3.63, 3.8) is 0 Å². The Hall–Kier alpha value is -1.85. The van der Waals surface area contributed by atoms with E-state index in [2.05, 4.69) is 22.4 Å². The lowest BCUT2D eigenvalue weighted by atomic mass is 10.0. The average molecular weight is 326 g/mol. The van der Waals surface area contributed by atoms with Gasteiger partial charge in [0.05, 0.1) is 21.8 Å². The molecular formula is C17H14N2OS2. The largest absolute Gasteiger partial charge is 0.345 e. The normalized spacial score (nSPS) is 17.2. The summed E-state index contributed by atoms with van der Waals surface area (Å²) in [5.41, 5.74) is 4.68. The first-order valence-electron chi connectivity index (χ1n) is 7.17. The van der Waals surface area contributed by atoms with Gasteiger partial charge in [0.25, 0.3) is 5.91 Å². The molecule has 2 aromatic carbocycles. The Bertz CT molecular complexity index is 843. The van der Waals surface area contributed by atoms with Crippen molar-refractivity contribution >= 4 is 39.2 Å². The fraction of sp³-hybridized carbons (Fsp3) is 0.176. The summed E-state index contributed by atoms with van der Waals surface area (Å²) >= 11 is 3.42. The fourth-order valence-corrected chi connectivity index (χ4v) is 4.57. The maximum atomic E-state index is 12.6. The molecule has 0 spiro atoms. The third kappa shape index (κ3) is 2.51. The number of fused-ring (bicyclic) bond motifs is 2. The highest BCUT2D eigenvalue weighted by Crippen LogP contribution is 2.36. The standard InChI is InChI=1S/C17H14N2OS2/c20-17(11-5-6-14-16(9-11)22-10-18-14)19-13-7-8-21-15-4-2-1-3-12(13)15/h1-6,9-10,13H,7-8H2,(H,19,20). The second-order valence-corrected chi connectivity index (χ2v) is 7.26. The van der Waals surface area contributed by atoms with Crippen LogP contribution in [0.1, 0.15) is 28.4 Å². The van der Waals surface area contributed by atoms with Crippen molar-refractivity contribution in [3.8, 4) is 0 Å². The summed E-state index contributed by atoms with van der Waals surface area (Å²) in [6.07, 6.45) is 0.968. The number of carbonyl (C=O) groups excluding carboxylic acids is 1. The van der Waals surface area contributed by atoms with Crippen molar-refractivity contribution in [1.82, 2.24) is 10.3 Å². The molecule has 0 fully saturated rings. The molecule has 0 saturated heterocycles. The highest BCUT2D eigenvalue weighted by atomic mass is 32.2. The molecule has 110 valence electrons. The van der Waals surface area contributed by atoms with Gasteiger partial charge in [-0.1, -0.05) is 18.2 Å². The van der Waals surface area contributed by atoms with Crippen LogP contribution in [0.15, 0.2) is 52.9 Å². The van der Waals surface area contributed by atoms with E-state index in [1.807, 2.05) is 42.1 Å². The number of rotatable bonds is 2. The van der Waals surface area contributed by atoms with Crippen LogP contribution in [0.4, 0.5) is 0 Å². The molecule has 1 amide bonds. The first-order valence-corrected chi connectivity index (χ1v) is 9.03. The molecule has 3 aromatic rings. The van der Waals surface area contributed by atoms with E-state index in [1.165, 1.54) is 10.5 Å². The summed E-state index contributed by atoms with van der Waals surface area (Å²) in [6.45, 7) is 0. The van der Waals surface area contributed by atoms with Crippen LogP contribution < -0.4 is 5.32 Å².